The fourth-order valence-corrected chi connectivity index (χ4v) is 2.72. The average Bonchev–Trinajstić information content (AvgIpc) is 3.10. The lowest BCUT2D eigenvalue weighted by atomic mass is 10.3. The molecule has 0 aliphatic carbocycles. The third-order valence-corrected chi connectivity index (χ3v) is 3.92. The number of thiophene rings is 1. The van der Waals surface area contributed by atoms with Crippen LogP contribution in [-0.2, 0) is 0 Å². The highest BCUT2D eigenvalue weighted by atomic mass is 32.1. The van der Waals surface area contributed by atoms with E-state index < -0.39 is 0 Å². The number of ether oxygens (including phenoxy) is 2. The highest BCUT2D eigenvalue weighted by Gasteiger charge is 2.04. The third kappa shape index (κ3) is 3.70. The molecule has 0 atom stereocenters. The van der Waals surface area contributed by atoms with Gasteiger partial charge in [0.2, 0.25) is 17.6 Å². The number of nitrogens with zero attached hydrogens (tertiary/aromatic N) is 4. The third-order valence-electron chi connectivity index (χ3n) is 3.10. The summed E-state index contributed by atoms with van der Waals surface area (Å²) in [6.07, 6.45) is 2.18. The lowest BCUT2D eigenvalue weighted by Gasteiger charge is -2.03. The maximum absolute atomic E-state index is 5.09. The van der Waals surface area contributed by atoms with Crippen molar-refractivity contribution in [3.8, 4) is 23.6 Å². The first-order chi connectivity index (χ1) is 11.8. The average molecular weight is 341 g/mol. The second-order valence-electron chi connectivity index (χ2n) is 4.62. The first-order valence-corrected chi connectivity index (χ1v) is 8.06. The molecular weight excluding hydrogens is 326 g/mol. The summed E-state index contributed by atoms with van der Waals surface area (Å²) >= 11 is 1.59. The van der Waals surface area contributed by atoms with Crippen LogP contribution in [0.4, 0.5) is 5.82 Å². The largest absolute Gasteiger partial charge is 0.481 e. The predicted octanol–water partition coefficient (Wildman–Crippen LogP) is 2.35. The van der Waals surface area contributed by atoms with Gasteiger partial charge in [-0.1, -0.05) is 5.92 Å². The molecule has 8 heteroatoms. The van der Waals surface area contributed by atoms with Crippen molar-refractivity contribution in [3.05, 3.63) is 29.7 Å². The van der Waals surface area contributed by atoms with Crippen LogP contribution in [0.3, 0.4) is 0 Å². The SMILES string of the molecule is COc1cc(OC)nc(C#CCCNc2ncnc3sccc23)n1. The Morgan fingerprint density at radius 1 is 1.17 bits per heavy atom. The van der Waals surface area contributed by atoms with E-state index in [1.807, 2.05) is 11.4 Å². The summed E-state index contributed by atoms with van der Waals surface area (Å²) in [5.41, 5.74) is 0. The van der Waals surface area contributed by atoms with Gasteiger partial charge in [-0.3, -0.25) is 0 Å². The second kappa shape index (κ2) is 7.57. The lowest BCUT2D eigenvalue weighted by molar-refractivity contribution is 0.371. The standard InChI is InChI=1S/C16H15N5O2S/c1-22-13-9-14(23-2)21-12(20-13)5-3-4-7-17-15-11-6-8-24-16(11)19-10-18-15/h6,8-10H,4,7H2,1-2H3,(H,17,18,19). The van der Waals surface area contributed by atoms with E-state index in [0.717, 1.165) is 16.0 Å². The number of hydrogen-bond donors (Lipinski definition) is 1. The zero-order valence-corrected chi connectivity index (χ0v) is 14.1. The fourth-order valence-electron chi connectivity index (χ4n) is 1.98. The summed E-state index contributed by atoms with van der Waals surface area (Å²) < 4.78 is 10.2. The normalized spacial score (nSPS) is 10.1. The van der Waals surface area contributed by atoms with E-state index in [4.69, 9.17) is 9.47 Å². The Morgan fingerprint density at radius 2 is 1.96 bits per heavy atom. The van der Waals surface area contributed by atoms with Crippen LogP contribution in [0.1, 0.15) is 12.2 Å². The quantitative estimate of drug-likeness (QED) is 0.563. The smallest absolute Gasteiger partial charge is 0.221 e. The molecule has 3 rings (SSSR count). The van der Waals surface area contributed by atoms with Gasteiger partial charge in [-0.15, -0.1) is 11.3 Å². The van der Waals surface area contributed by atoms with Crippen molar-refractivity contribution >= 4 is 27.4 Å². The van der Waals surface area contributed by atoms with Crippen molar-refractivity contribution in [2.24, 2.45) is 0 Å². The van der Waals surface area contributed by atoms with E-state index in [0.29, 0.717) is 30.5 Å². The van der Waals surface area contributed by atoms with Crippen LogP contribution in [0.5, 0.6) is 11.8 Å². The maximum Gasteiger partial charge on any atom is 0.221 e. The van der Waals surface area contributed by atoms with Gasteiger partial charge in [-0.25, -0.2) is 9.97 Å². The molecule has 0 radical (unpaired) electrons. The van der Waals surface area contributed by atoms with Crippen molar-refractivity contribution in [2.75, 3.05) is 26.1 Å². The summed E-state index contributed by atoms with van der Waals surface area (Å²) in [6.45, 7) is 0.663. The highest BCUT2D eigenvalue weighted by molar-refractivity contribution is 7.16. The Hall–Kier alpha value is -2.92. The van der Waals surface area contributed by atoms with Gasteiger partial charge in [0.1, 0.15) is 17.0 Å². The molecule has 0 aliphatic heterocycles. The molecule has 7 nitrogen and oxygen atoms in total. The molecule has 3 aromatic heterocycles. The summed E-state index contributed by atoms with van der Waals surface area (Å²) in [6, 6.07) is 3.61. The van der Waals surface area contributed by atoms with E-state index >= 15 is 0 Å². The first kappa shape index (κ1) is 16.0. The molecule has 3 aromatic rings. The Balaban J connectivity index is 1.61. The zero-order valence-electron chi connectivity index (χ0n) is 13.2. The molecule has 1 N–H and O–H groups in total. The van der Waals surface area contributed by atoms with Gasteiger partial charge in [-0.05, 0) is 17.4 Å². The molecule has 122 valence electrons. The van der Waals surface area contributed by atoms with Gasteiger partial charge >= 0.3 is 0 Å². The number of anilines is 1. The molecule has 0 bridgehead atoms. The minimum absolute atomic E-state index is 0.369. The number of aromatic nitrogens is 4. The summed E-state index contributed by atoms with van der Waals surface area (Å²) in [4.78, 5) is 17.8. The van der Waals surface area contributed by atoms with E-state index in [1.54, 1.807) is 23.7 Å². The Bertz CT molecular complexity index is 878. The van der Waals surface area contributed by atoms with Crippen LogP contribution in [0, 0.1) is 11.8 Å². The monoisotopic (exact) mass is 341 g/mol. The summed E-state index contributed by atoms with van der Waals surface area (Å²) in [7, 11) is 3.07. The molecule has 24 heavy (non-hydrogen) atoms. The Kier molecular flexibility index (Phi) is 5.03. The topological polar surface area (TPSA) is 82.0 Å². The first-order valence-electron chi connectivity index (χ1n) is 7.18. The number of fused-ring (bicyclic) bond motifs is 1. The van der Waals surface area contributed by atoms with Crippen molar-refractivity contribution < 1.29 is 9.47 Å². The van der Waals surface area contributed by atoms with Crippen LogP contribution in [0.25, 0.3) is 10.2 Å². The van der Waals surface area contributed by atoms with Crippen molar-refractivity contribution in [3.63, 3.8) is 0 Å². The molecule has 0 spiro atoms. The van der Waals surface area contributed by atoms with Crippen LogP contribution in [0.2, 0.25) is 0 Å². The molecule has 0 fully saturated rings. The number of hydrogen-bond acceptors (Lipinski definition) is 8. The van der Waals surface area contributed by atoms with Crippen LogP contribution in [-0.4, -0.2) is 40.7 Å². The van der Waals surface area contributed by atoms with Gasteiger partial charge < -0.3 is 14.8 Å². The molecule has 0 amide bonds. The van der Waals surface area contributed by atoms with Crippen molar-refractivity contribution in [1.82, 2.24) is 19.9 Å². The number of nitrogens with one attached hydrogen (secondary N) is 1. The number of rotatable bonds is 5. The molecule has 0 saturated carbocycles. The Morgan fingerprint density at radius 3 is 2.71 bits per heavy atom. The maximum atomic E-state index is 5.09. The molecular formula is C16H15N5O2S. The number of methoxy groups -OCH3 is 2. The van der Waals surface area contributed by atoms with Crippen LogP contribution >= 0.6 is 11.3 Å². The Labute approximate surface area is 143 Å². The minimum Gasteiger partial charge on any atom is -0.481 e. The molecule has 0 aliphatic rings. The summed E-state index contributed by atoms with van der Waals surface area (Å²) in [5, 5.41) is 6.29. The molecule has 0 aromatic carbocycles. The van der Waals surface area contributed by atoms with Gasteiger partial charge in [0, 0.05) is 13.0 Å². The van der Waals surface area contributed by atoms with Crippen molar-refractivity contribution in [2.45, 2.75) is 6.42 Å². The van der Waals surface area contributed by atoms with E-state index in [-0.39, 0.29) is 0 Å². The highest BCUT2D eigenvalue weighted by Crippen LogP contribution is 2.23. The van der Waals surface area contributed by atoms with Gasteiger partial charge in [0.05, 0.1) is 25.7 Å². The summed E-state index contributed by atoms with van der Waals surface area (Å²) in [5.74, 6) is 7.97. The molecule has 0 unspecified atom stereocenters. The zero-order chi connectivity index (χ0) is 16.8. The van der Waals surface area contributed by atoms with E-state index in [2.05, 4.69) is 37.1 Å². The molecule has 0 saturated heterocycles. The van der Waals surface area contributed by atoms with E-state index in [9.17, 15) is 0 Å². The fraction of sp³-hybridized carbons (Fsp3) is 0.250. The van der Waals surface area contributed by atoms with Crippen LogP contribution in [0.15, 0.2) is 23.8 Å². The second-order valence-corrected chi connectivity index (χ2v) is 5.51. The van der Waals surface area contributed by atoms with E-state index in [1.165, 1.54) is 14.2 Å². The van der Waals surface area contributed by atoms with Gasteiger partial charge in [0.25, 0.3) is 0 Å². The lowest BCUT2D eigenvalue weighted by Crippen LogP contribution is -2.03. The van der Waals surface area contributed by atoms with Crippen LogP contribution < -0.4 is 14.8 Å². The van der Waals surface area contributed by atoms with Gasteiger partial charge in [-0.2, -0.15) is 9.97 Å². The van der Waals surface area contributed by atoms with Gasteiger partial charge in [0.15, 0.2) is 0 Å². The van der Waals surface area contributed by atoms with Crippen molar-refractivity contribution in [1.29, 1.82) is 0 Å². The minimum atomic E-state index is 0.369. The molecule has 3 heterocycles. The predicted molar refractivity (Wildman–Crippen MR) is 92.5 cm³/mol.